The van der Waals surface area contributed by atoms with Crippen LogP contribution in [0.15, 0.2) is 0 Å². The molecule has 0 bridgehead atoms. The van der Waals surface area contributed by atoms with Gasteiger partial charge in [-0.15, -0.1) is 0 Å². The van der Waals surface area contributed by atoms with Gasteiger partial charge >= 0.3 is 6.03 Å². The number of hydrogen-bond donors (Lipinski definition) is 3. The van der Waals surface area contributed by atoms with Crippen molar-refractivity contribution < 1.29 is 9.90 Å². The molecule has 0 heterocycles. The Balaban J connectivity index is 1.61. The van der Waals surface area contributed by atoms with Crippen LogP contribution in [0.4, 0.5) is 4.79 Å². The summed E-state index contributed by atoms with van der Waals surface area (Å²) < 4.78 is 0. The van der Waals surface area contributed by atoms with Crippen molar-refractivity contribution in [3.63, 3.8) is 0 Å². The maximum absolute atomic E-state index is 11.8. The standard InChI is InChI=1S/C14H26N2O2/c17-13-8-4-5-11(9-13)10-15-14(18)16-12-6-2-1-3-7-12/h11-13,17H,1-10H2,(H2,15,16,18). The summed E-state index contributed by atoms with van der Waals surface area (Å²) in [6, 6.07) is 0.345. The number of aliphatic hydroxyl groups excluding tert-OH is 1. The highest BCUT2D eigenvalue weighted by molar-refractivity contribution is 5.74. The van der Waals surface area contributed by atoms with Gasteiger partial charge in [-0.05, 0) is 38.0 Å². The Hall–Kier alpha value is -0.770. The van der Waals surface area contributed by atoms with Crippen LogP contribution in [0.2, 0.25) is 0 Å². The van der Waals surface area contributed by atoms with Gasteiger partial charge < -0.3 is 15.7 Å². The zero-order valence-corrected chi connectivity index (χ0v) is 11.2. The molecule has 2 amide bonds. The second-order valence-corrected chi connectivity index (χ2v) is 5.88. The van der Waals surface area contributed by atoms with Gasteiger partial charge in [0.25, 0.3) is 0 Å². The molecule has 4 heteroatoms. The van der Waals surface area contributed by atoms with Crippen LogP contribution in [0.5, 0.6) is 0 Å². The Bertz CT molecular complexity index is 265. The summed E-state index contributed by atoms with van der Waals surface area (Å²) in [5, 5.41) is 15.6. The van der Waals surface area contributed by atoms with Crippen LogP contribution >= 0.6 is 0 Å². The molecule has 4 nitrogen and oxygen atoms in total. The quantitative estimate of drug-likeness (QED) is 0.723. The smallest absolute Gasteiger partial charge is 0.315 e. The summed E-state index contributed by atoms with van der Waals surface area (Å²) in [5.74, 6) is 0.450. The summed E-state index contributed by atoms with van der Waals surface area (Å²) in [4.78, 5) is 11.8. The molecular formula is C14H26N2O2. The van der Waals surface area contributed by atoms with Crippen LogP contribution in [0.3, 0.4) is 0 Å². The normalized spacial score (nSPS) is 29.8. The van der Waals surface area contributed by atoms with Gasteiger partial charge in [-0.1, -0.05) is 25.7 Å². The Kier molecular flexibility index (Phi) is 5.29. The Morgan fingerprint density at radius 1 is 1.06 bits per heavy atom. The first-order chi connectivity index (χ1) is 8.74. The van der Waals surface area contributed by atoms with Crippen LogP contribution in [0, 0.1) is 5.92 Å². The van der Waals surface area contributed by atoms with Crippen LogP contribution in [0.25, 0.3) is 0 Å². The van der Waals surface area contributed by atoms with Crippen molar-refractivity contribution in [1.82, 2.24) is 10.6 Å². The molecule has 2 unspecified atom stereocenters. The molecular weight excluding hydrogens is 228 g/mol. The van der Waals surface area contributed by atoms with E-state index in [-0.39, 0.29) is 12.1 Å². The van der Waals surface area contributed by atoms with Crippen molar-refractivity contribution in [2.24, 2.45) is 5.92 Å². The molecule has 2 aliphatic carbocycles. The van der Waals surface area contributed by atoms with Gasteiger partial charge in [-0.3, -0.25) is 0 Å². The summed E-state index contributed by atoms with van der Waals surface area (Å²) in [6.07, 6.45) is 9.82. The lowest BCUT2D eigenvalue weighted by molar-refractivity contribution is 0.101. The Morgan fingerprint density at radius 2 is 1.83 bits per heavy atom. The first kappa shape index (κ1) is 13.7. The highest BCUT2D eigenvalue weighted by Gasteiger charge is 2.21. The zero-order chi connectivity index (χ0) is 12.8. The van der Waals surface area contributed by atoms with E-state index in [0.29, 0.717) is 18.5 Å². The van der Waals surface area contributed by atoms with Crippen LogP contribution in [-0.4, -0.2) is 29.8 Å². The van der Waals surface area contributed by atoms with E-state index in [9.17, 15) is 9.90 Å². The predicted molar refractivity (Wildman–Crippen MR) is 71.4 cm³/mol. The van der Waals surface area contributed by atoms with E-state index < -0.39 is 0 Å². The minimum Gasteiger partial charge on any atom is -0.393 e. The minimum absolute atomic E-state index is 0.0260. The molecule has 0 aliphatic heterocycles. The largest absolute Gasteiger partial charge is 0.393 e. The van der Waals surface area contributed by atoms with Gasteiger partial charge in [0.1, 0.15) is 0 Å². The minimum atomic E-state index is -0.160. The Morgan fingerprint density at radius 3 is 2.56 bits per heavy atom. The monoisotopic (exact) mass is 254 g/mol. The van der Waals surface area contributed by atoms with E-state index in [1.165, 1.54) is 19.3 Å². The van der Waals surface area contributed by atoms with Crippen LogP contribution in [-0.2, 0) is 0 Å². The lowest BCUT2D eigenvalue weighted by Gasteiger charge is -2.27. The van der Waals surface area contributed by atoms with E-state index in [0.717, 1.165) is 38.5 Å². The number of urea groups is 1. The van der Waals surface area contributed by atoms with Gasteiger partial charge in [0.05, 0.1) is 6.10 Å². The lowest BCUT2D eigenvalue weighted by Crippen LogP contribution is -2.44. The zero-order valence-electron chi connectivity index (χ0n) is 11.2. The fraction of sp³-hybridized carbons (Fsp3) is 0.929. The molecule has 0 aromatic carbocycles. The Labute approximate surface area is 110 Å². The molecule has 0 spiro atoms. The van der Waals surface area contributed by atoms with Crippen molar-refractivity contribution in [1.29, 1.82) is 0 Å². The topological polar surface area (TPSA) is 61.4 Å². The van der Waals surface area contributed by atoms with Crippen LogP contribution < -0.4 is 10.6 Å². The summed E-state index contributed by atoms with van der Waals surface area (Å²) in [6.45, 7) is 0.704. The first-order valence-corrected chi connectivity index (χ1v) is 7.46. The number of rotatable bonds is 3. The van der Waals surface area contributed by atoms with Crippen molar-refractivity contribution in [3.05, 3.63) is 0 Å². The van der Waals surface area contributed by atoms with Crippen molar-refractivity contribution in [2.75, 3.05) is 6.54 Å². The maximum atomic E-state index is 11.8. The third kappa shape index (κ3) is 4.48. The summed E-state index contributed by atoms with van der Waals surface area (Å²) in [5.41, 5.74) is 0. The molecule has 0 aromatic heterocycles. The average Bonchev–Trinajstić information content (AvgIpc) is 2.38. The van der Waals surface area contributed by atoms with E-state index in [4.69, 9.17) is 0 Å². The van der Waals surface area contributed by atoms with Gasteiger partial charge in [0, 0.05) is 12.6 Å². The second kappa shape index (κ2) is 6.98. The number of nitrogens with one attached hydrogen (secondary N) is 2. The number of amides is 2. The molecule has 2 aliphatic rings. The molecule has 2 saturated carbocycles. The maximum Gasteiger partial charge on any atom is 0.315 e. The number of carbonyl (C=O) groups excluding carboxylic acids is 1. The summed E-state index contributed by atoms with van der Waals surface area (Å²) >= 11 is 0. The SMILES string of the molecule is O=C(NCC1CCCC(O)C1)NC1CCCCC1. The highest BCUT2D eigenvalue weighted by atomic mass is 16.3. The molecule has 3 N–H and O–H groups in total. The highest BCUT2D eigenvalue weighted by Crippen LogP contribution is 2.23. The second-order valence-electron chi connectivity index (χ2n) is 5.88. The predicted octanol–water partition coefficient (Wildman–Crippen LogP) is 2.17. The molecule has 2 fully saturated rings. The van der Waals surface area contributed by atoms with Gasteiger partial charge in [0.2, 0.25) is 0 Å². The average molecular weight is 254 g/mol. The molecule has 2 atom stereocenters. The summed E-state index contributed by atoms with van der Waals surface area (Å²) in [7, 11) is 0. The third-order valence-electron chi connectivity index (χ3n) is 4.25. The third-order valence-corrected chi connectivity index (χ3v) is 4.25. The van der Waals surface area contributed by atoms with E-state index in [1.807, 2.05) is 0 Å². The van der Waals surface area contributed by atoms with Gasteiger partial charge in [-0.2, -0.15) is 0 Å². The van der Waals surface area contributed by atoms with Crippen molar-refractivity contribution in [2.45, 2.75) is 69.9 Å². The van der Waals surface area contributed by atoms with E-state index in [2.05, 4.69) is 10.6 Å². The van der Waals surface area contributed by atoms with Gasteiger partial charge in [0.15, 0.2) is 0 Å². The molecule has 0 radical (unpaired) electrons. The van der Waals surface area contributed by atoms with E-state index >= 15 is 0 Å². The number of hydrogen-bond acceptors (Lipinski definition) is 2. The number of aliphatic hydroxyl groups is 1. The van der Waals surface area contributed by atoms with E-state index in [1.54, 1.807) is 0 Å². The van der Waals surface area contributed by atoms with Crippen molar-refractivity contribution >= 4 is 6.03 Å². The molecule has 0 saturated heterocycles. The number of carbonyl (C=O) groups is 1. The van der Waals surface area contributed by atoms with Crippen LogP contribution in [0.1, 0.15) is 57.8 Å². The molecule has 18 heavy (non-hydrogen) atoms. The fourth-order valence-corrected chi connectivity index (χ4v) is 3.17. The molecule has 2 rings (SSSR count). The molecule has 0 aromatic rings. The fourth-order valence-electron chi connectivity index (χ4n) is 3.17. The van der Waals surface area contributed by atoms with Crippen molar-refractivity contribution in [3.8, 4) is 0 Å². The molecule has 104 valence electrons. The lowest BCUT2D eigenvalue weighted by atomic mass is 9.87. The van der Waals surface area contributed by atoms with Gasteiger partial charge in [-0.25, -0.2) is 4.79 Å². The first-order valence-electron chi connectivity index (χ1n) is 7.46.